The Hall–Kier alpha value is -3.03. The van der Waals surface area contributed by atoms with Crippen LogP contribution in [0.3, 0.4) is 0 Å². The number of imidazole rings is 1. The molecule has 0 saturated carbocycles. The highest BCUT2D eigenvalue weighted by atomic mass is 16.5. The lowest BCUT2D eigenvalue weighted by molar-refractivity contribution is 0.0657. The molecule has 0 radical (unpaired) electrons. The van der Waals surface area contributed by atoms with Gasteiger partial charge in [0.2, 0.25) is 0 Å². The highest BCUT2D eigenvalue weighted by Gasteiger charge is 2.22. The zero-order valence-corrected chi connectivity index (χ0v) is 18.3. The zero-order valence-electron chi connectivity index (χ0n) is 18.3. The van der Waals surface area contributed by atoms with Gasteiger partial charge in [0, 0.05) is 36.7 Å². The van der Waals surface area contributed by atoms with Crippen LogP contribution >= 0.6 is 0 Å². The molecule has 4 heterocycles. The Balaban J connectivity index is 1.40. The summed E-state index contributed by atoms with van der Waals surface area (Å²) in [6.07, 6.45) is 9.05. The Morgan fingerprint density at radius 1 is 1.12 bits per heavy atom. The Bertz CT molecular complexity index is 1280. The highest BCUT2D eigenvalue weighted by Crippen LogP contribution is 2.35. The zero-order chi connectivity index (χ0) is 21.7. The van der Waals surface area contributed by atoms with E-state index in [1.165, 1.54) is 16.7 Å². The summed E-state index contributed by atoms with van der Waals surface area (Å²) >= 11 is 0. The third-order valence-corrected chi connectivity index (χ3v) is 7.04. The summed E-state index contributed by atoms with van der Waals surface area (Å²) in [7, 11) is 0. The molecule has 1 aromatic carbocycles. The number of aromatic nitrogens is 5. The number of fused-ring (bicyclic) bond motifs is 2. The average molecular weight is 429 g/mol. The van der Waals surface area contributed by atoms with Crippen LogP contribution in [0.25, 0.3) is 33.7 Å². The van der Waals surface area contributed by atoms with Crippen molar-refractivity contribution >= 4 is 11.2 Å². The first-order valence-electron chi connectivity index (χ1n) is 11.5. The van der Waals surface area contributed by atoms with E-state index in [-0.39, 0.29) is 6.04 Å². The molecule has 3 aromatic heterocycles. The van der Waals surface area contributed by atoms with Gasteiger partial charge in [0.25, 0.3) is 0 Å². The Morgan fingerprint density at radius 3 is 2.88 bits per heavy atom. The molecule has 4 aromatic rings. The van der Waals surface area contributed by atoms with Crippen LogP contribution < -0.4 is 5.73 Å². The molecule has 1 unspecified atom stereocenters. The van der Waals surface area contributed by atoms with Crippen molar-refractivity contribution in [3.8, 4) is 22.5 Å². The van der Waals surface area contributed by atoms with Crippen molar-refractivity contribution < 1.29 is 4.74 Å². The van der Waals surface area contributed by atoms with Crippen LogP contribution in [0.5, 0.6) is 0 Å². The molecule has 0 spiro atoms. The number of nitrogens with zero attached hydrogens (tertiary/aromatic N) is 4. The summed E-state index contributed by atoms with van der Waals surface area (Å²) in [5.74, 6) is 0.816. The molecule has 0 bridgehead atoms. The number of hydrogen-bond acceptors (Lipinski definition) is 5. The molecule has 6 rings (SSSR count). The molecular weight excluding hydrogens is 400 g/mol. The van der Waals surface area contributed by atoms with Crippen LogP contribution in [-0.4, -0.2) is 37.9 Å². The van der Waals surface area contributed by atoms with Gasteiger partial charge in [-0.25, -0.2) is 9.97 Å². The molecule has 1 aliphatic heterocycles. The van der Waals surface area contributed by atoms with Gasteiger partial charge in [-0.2, -0.15) is 5.10 Å². The van der Waals surface area contributed by atoms with Gasteiger partial charge >= 0.3 is 0 Å². The molecule has 1 atom stereocenters. The molecule has 0 amide bonds. The van der Waals surface area contributed by atoms with Crippen LogP contribution in [0.4, 0.5) is 0 Å². The fourth-order valence-corrected chi connectivity index (χ4v) is 5.25. The fourth-order valence-electron chi connectivity index (χ4n) is 5.25. The molecule has 1 fully saturated rings. The van der Waals surface area contributed by atoms with Crippen LogP contribution in [0.15, 0.2) is 36.7 Å². The van der Waals surface area contributed by atoms with Crippen molar-refractivity contribution in [2.24, 2.45) is 5.73 Å². The SMILES string of the molecule is Cc1c(-c2nc3nccc(-c4ccc5c(c4)CCCC5N)c3[nH]2)cnn1C1CCOCC1. The molecule has 1 aliphatic carbocycles. The quantitative estimate of drug-likeness (QED) is 0.502. The van der Waals surface area contributed by atoms with Crippen LogP contribution in [-0.2, 0) is 11.2 Å². The van der Waals surface area contributed by atoms with Crippen molar-refractivity contribution in [2.75, 3.05) is 13.2 Å². The Kier molecular flexibility index (Phi) is 4.81. The minimum absolute atomic E-state index is 0.152. The normalized spacial score (nSPS) is 19.4. The third kappa shape index (κ3) is 3.24. The van der Waals surface area contributed by atoms with E-state index < -0.39 is 0 Å². The minimum Gasteiger partial charge on any atom is -0.381 e. The first kappa shape index (κ1) is 19.6. The smallest absolute Gasteiger partial charge is 0.178 e. The summed E-state index contributed by atoms with van der Waals surface area (Å²) < 4.78 is 7.64. The largest absolute Gasteiger partial charge is 0.381 e. The molecule has 32 heavy (non-hydrogen) atoms. The Labute approximate surface area is 187 Å². The lowest BCUT2D eigenvalue weighted by Crippen LogP contribution is -2.21. The van der Waals surface area contributed by atoms with E-state index >= 15 is 0 Å². The third-order valence-electron chi connectivity index (χ3n) is 7.04. The maximum absolute atomic E-state index is 6.32. The van der Waals surface area contributed by atoms with Crippen molar-refractivity contribution in [3.63, 3.8) is 0 Å². The number of benzene rings is 1. The van der Waals surface area contributed by atoms with Crippen molar-refractivity contribution in [1.29, 1.82) is 0 Å². The lowest BCUT2D eigenvalue weighted by atomic mass is 9.86. The fraction of sp³-hybridized carbons (Fsp3) is 0.400. The summed E-state index contributed by atoms with van der Waals surface area (Å²) in [5, 5.41) is 4.69. The van der Waals surface area contributed by atoms with Gasteiger partial charge in [-0.3, -0.25) is 4.68 Å². The topological polar surface area (TPSA) is 94.6 Å². The molecule has 1 saturated heterocycles. The van der Waals surface area contributed by atoms with Gasteiger partial charge in [0.15, 0.2) is 5.65 Å². The second-order valence-corrected chi connectivity index (χ2v) is 8.99. The van der Waals surface area contributed by atoms with Crippen LogP contribution in [0, 0.1) is 6.92 Å². The Morgan fingerprint density at radius 2 is 2.00 bits per heavy atom. The van der Waals surface area contributed by atoms with E-state index in [4.69, 9.17) is 20.6 Å². The summed E-state index contributed by atoms with van der Waals surface area (Å²) in [6.45, 7) is 3.71. The van der Waals surface area contributed by atoms with Crippen molar-refractivity contribution in [2.45, 2.75) is 51.1 Å². The van der Waals surface area contributed by atoms with Gasteiger partial charge in [0.05, 0.1) is 23.3 Å². The van der Waals surface area contributed by atoms with E-state index in [0.717, 1.165) is 79.1 Å². The first-order valence-corrected chi connectivity index (χ1v) is 11.5. The number of aromatic amines is 1. The average Bonchev–Trinajstić information content (AvgIpc) is 3.42. The molecule has 2 aliphatic rings. The number of aryl methyl sites for hydroxylation is 1. The highest BCUT2D eigenvalue weighted by molar-refractivity contribution is 5.91. The molecule has 3 N–H and O–H groups in total. The van der Waals surface area contributed by atoms with Gasteiger partial charge in [-0.05, 0) is 61.8 Å². The summed E-state index contributed by atoms with van der Waals surface area (Å²) in [5.41, 5.74) is 15.1. The van der Waals surface area contributed by atoms with Crippen LogP contribution in [0.2, 0.25) is 0 Å². The maximum atomic E-state index is 6.32. The van der Waals surface area contributed by atoms with Crippen molar-refractivity contribution in [3.05, 3.63) is 53.5 Å². The van der Waals surface area contributed by atoms with E-state index in [1.807, 2.05) is 12.4 Å². The monoisotopic (exact) mass is 428 g/mol. The summed E-state index contributed by atoms with van der Waals surface area (Å²) in [4.78, 5) is 12.9. The van der Waals surface area contributed by atoms with E-state index in [0.29, 0.717) is 6.04 Å². The molecule has 164 valence electrons. The summed E-state index contributed by atoms with van der Waals surface area (Å²) in [6, 6.07) is 9.26. The maximum Gasteiger partial charge on any atom is 0.178 e. The second-order valence-electron chi connectivity index (χ2n) is 8.99. The lowest BCUT2D eigenvalue weighted by Gasteiger charge is -2.23. The van der Waals surface area contributed by atoms with Crippen molar-refractivity contribution in [1.82, 2.24) is 24.7 Å². The van der Waals surface area contributed by atoms with Gasteiger partial charge in [-0.15, -0.1) is 0 Å². The van der Waals surface area contributed by atoms with E-state index in [1.54, 1.807) is 0 Å². The number of ether oxygens (including phenoxy) is 1. The predicted octanol–water partition coefficient (Wildman–Crippen LogP) is 4.48. The number of pyridine rings is 1. The molecular formula is C25H28N6O. The number of hydrogen-bond donors (Lipinski definition) is 2. The molecule has 7 nitrogen and oxygen atoms in total. The number of nitrogens with two attached hydrogens (primary N) is 1. The van der Waals surface area contributed by atoms with E-state index in [9.17, 15) is 0 Å². The van der Waals surface area contributed by atoms with Gasteiger partial charge in [0.1, 0.15) is 5.82 Å². The molecule has 7 heteroatoms. The predicted molar refractivity (Wildman–Crippen MR) is 124 cm³/mol. The van der Waals surface area contributed by atoms with Gasteiger partial charge in [-0.1, -0.05) is 18.2 Å². The number of rotatable bonds is 3. The number of H-pyrrole nitrogens is 1. The standard InChI is InChI=1S/C25H28N6O/c1-15-21(14-28-31(15)18-8-11-32-12-9-18)24-29-23-20(7-10-27-25(23)30-24)17-5-6-19-16(13-17)3-2-4-22(19)26/h5-7,10,13-14,18,22H,2-4,8-9,11-12,26H2,1H3,(H,27,29,30). The van der Waals surface area contributed by atoms with E-state index in [2.05, 4.69) is 45.8 Å². The van der Waals surface area contributed by atoms with Crippen LogP contribution in [0.1, 0.15) is 54.6 Å². The van der Waals surface area contributed by atoms with Gasteiger partial charge < -0.3 is 15.5 Å². The second kappa shape index (κ2) is 7.83. The number of nitrogens with one attached hydrogen (secondary N) is 1. The minimum atomic E-state index is 0.152. The first-order chi connectivity index (χ1) is 15.7.